The van der Waals surface area contributed by atoms with Crippen LogP contribution in [0.5, 0.6) is 0 Å². The molecule has 1 aromatic carbocycles. The fraction of sp³-hybridized carbons (Fsp3) is 0.444. The first-order valence-electron chi connectivity index (χ1n) is 8.88. The van der Waals surface area contributed by atoms with Gasteiger partial charge in [0.25, 0.3) is 0 Å². The molecule has 1 saturated heterocycles. The molecule has 0 radical (unpaired) electrons. The molecule has 3 rings (SSSR count). The minimum absolute atomic E-state index is 0.0402. The zero-order chi connectivity index (χ0) is 19.4. The number of nitrogens with one attached hydrogen (secondary N) is 1. The average Bonchev–Trinajstić information content (AvgIpc) is 3.15. The Kier molecular flexibility index (Phi) is 5.91. The van der Waals surface area contributed by atoms with Crippen molar-refractivity contribution in [3.63, 3.8) is 0 Å². The van der Waals surface area contributed by atoms with Crippen LogP contribution in [0.4, 0.5) is 4.39 Å². The smallest absolute Gasteiger partial charge is 0.243 e. The van der Waals surface area contributed by atoms with E-state index in [4.69, 9.17) is 0 Å². The summed E-state index contributed by atoms with van der Waals surface area (Å²) >= 11 is 0. The maximum Gasteiger partial charge on any atom is 0.243 e. The van der Waals surface area contributed by atoms with E-state index in [-0.39, 0.29) is 23.4 Å². The van der Waals surface area contributed by atoms with Gasteiger partial charge in [-0.2, -0.15) is 4.31 Å². The van der Waals surface area contributed by atoms with Gasteiger partial charge in [0.05, 0.1) is 17.1 Å². The molecule has 1 fully saturated rings. The monoisotopic (exact) mass is 394 g/mol. The second-order valence-electron chi connectivity index (χ2n) is 6.83. The fourth-order valence-corrected chi connectivity index (χ4v) is 4.77. The SMILES string of the molecule is C[C@@H](Cn1ccnc1)NC(=O)[C@@H]1CCCN(S(=O)(=O)c2ccc(F)cc2)C1. The first kappa shape index (κ1) is 19.5. The first-order valence-corrected chi connectivity index (χ1v) is 10.3. The van der Waals surface area contributed by atoms with Gasteiger partial charge < -0.3 is 9.88 Å². The third-order valence-corrected chi connectivity index (χ3v) is 6.52. The quantitative estimate of drug-likeness (QED) is 0.807. The maximum atomic E-state index is 13.1. The van der Waals surface area contributed by atoms with E-state index >= 15 is 0 Å². The topological polar surface area (TPSA) is 84.3 Å². The van der Waals surface area contributed by atoms with Crippen molar-refractivity contribution in [2.75, 3.05) is 13.1 Å². The summed E-state index contributed by atoms with van der Waals surface area (Å²) in [6, 6.07) is 4.65. The molecule has 0 bridgehead atoms. The molecule has 1 amide bonds. The number of sulfonamides is 1. The van der Waals surface area contributed by atoms with Gasteiger partial charge in [0, 0.05) is 38.1 Å². The predicted octanol–water partition coefficient (Wildman–Crippen LogP) is 1.63. The summed E-state index contributed by atoms with van der Waals surface area (Å²) in [5.74, 6) is -1.04. The van der Waals surface area contributed by atoms with Crippen LogP contribution in [0.2, 0.25) is 0 Å². The normalized spacial score (nSPS) is 19.6. The van der Waals surface area contributed by atoms with Crippen LogP contribution >= 0.6 is 0 Å². The van der Waals surface area contributed by atoms with Crippen LogP contribution in [0, 0.1) is 11.7 Å². The number of imidazole rings is 1. The fourth-order valence-electron chi connectivity index (χ4n) is 3.25. The van der Waals surface area contributed by atoms with E-state index in [1.807, 2.05) is 17.7 Å². The van der Waals surface area contributed by atoms with Crippen molar-refractivity contribution >= 4 is 15.9 Å². The van der Waals surface area contributed by atoms with E-state index in [0.29, 0.717) is 25.9 Å². The summed E-state index contributed by atoms with van der Waals surface area (Å²) in [6.45, 7) is 2.97. The molecule has 1 N–H and O–H groups in total. The van der Waals surface area contributed by atoms with E-state index in [1.54, 1.807) is 12.5 Å². The Bertz CT molecular complexity index is 869. The largest absolute Gasteiger partial charge is 0.352 e. The summed E-state index contributed by atoms with van der Waals surface area (Å²) in [7, 11) is -3.74. The molecule has 9 heteroatoms. The number of piperidine rings is 1. The van der Waals surface area contributed by atoms with Gasteiger partial charge >= 0.3 is 0 Å². The number of hydrogen-bond acceptors (Lipinski definition) is 4. The number of carbonyl (C=O) groups excluding carboxylic acids is 1. The molecule has 7 nitrogen and oxygen atoms in total. The van der Waals surface area contributed by atoms with Gasteiger partial charge in [-0.15, -0.1) is 0 Å². The Hall–Kier alpha value is -2.26. The molecule has 1 aliphatic heterocycles. The third kappa shape index (κ3) is 4.72. The van der Waals surface area contributed by atoms with E-state index in [1.165, 1.54) is 16.4 Å². The maximum absolute atomic E-state index is 13.1. The van der Waals surface area contributed by atoms with Crippen LogP contribution in [0.15, 0.2) is 47.9 Å². The Morgan fingerprint density at radius 3 is 2.78 bits per heavy atom. The molecule has 2 atom stereocenters. The Labute approximate surface area is 158 Å². The van der Waals surface area contributed by atoms with Crippen molar-refractivity contribution in [2.24, 2.45) is 5.92 Å². The van der Waals surface area contributed by atoms with E-state index in [2.05, 4.69) is 10.3 Å². The van der Waals surface area contributed by atoms with Crippen LogP contribution in [0.25, 0.3) is 0 Å². The molecule has 2 heterocycles. The van der Waals surface area contributed by atoms with E-state index in [0.717, 1.165) is 12.1 Å². The molecule has 27 heavy (non-hydrogen) atoms. The van der Waals surface area contributed by atoms with Crippen LogP contribution in [-0.4, -0.2) is 47.3 Å². The van der Waals surface area contributed by atoms with Crippen LogP contribution in [-0.2, 0) is 21.4 Å². The minimum Gasteiger partial charge on any atom is -0.352 e. The second-order valence-corrected chi connectivity index (χ2v) is 8.76. The zero-order valence-corrected chi connectivity index (χ0v) is 15.9. The molecule has 146 valence electrons. The summed E-state index contributed by atoms with van der Waals surface area (Å²) in [4.78, 5) is 16.6. The lowest BCUT2D eigenvalue weighted by atomic mass is 9.98. The Morgan fingerprint density at radius 1 is 1.37 bits per heavy atom. The zero-order valence-electron chi connectivity index (χ0n) is 15.1. The summed E-state index contributed by atoms with van der Waals surface area (Å²) < 4.78 is 41.8. The van der Waals surface area contributed by atoms with Gasteiger partial charge in [-0.05, 0) is 44.0 Å². The first-order chi connectivity index (χ1) is 12.9. The number of carbonyl (C=O) groups is 1. The van der Waals surface area contributed by atoms with E-state index < -0.39 is 21.8 Å². The summed E-state index contributed by atoms with van der Waals surface area (Å²) in [6.07, 6.45) is 6.42. The minimum atomic E-state index is -3.74. The summed E-state index contributed by atoms with van der Waals surface area (Å²) in [5, 5.41) is 2.95. The number of aromatic nitrogens is 2. The van der Waals surface area contributed by atoms with Gasteiger partial charge in [-0.3, -0.25) is 4.79 Å². The third-order valence-electron chi connectivity index (χ3n) is 4.64. The average molecular weight is 394 g/mol. The number of amides is 1. The van der Waals surface area contributed by atoms with Crippen molar-refractivity contribution in [1.29, 1.82) is 0 Å². The number of nitrogens with zero attached hydrogens (tertiary/aromatic N) is 3. The van der Waals surface area contributed by atoms with Gasteiger partial charge in [0.2, 0.25) is 15.9 Å². The number of benzene rings is 1. The molecule has 0 aliphatic carbocycles. The molecule has 0 unspecified atom stereocenters. The molecule has 2 aromatic rings. The van der Waals surface area contributed by atoms with Crippen LogP contribution < -0.4 is 5.32 Å². The highest BCUT2D eigenvalue weighted by molar-refractivity contribution is 7.89. The van der Waals surface area contributed by atoms with E-state index in [9.17, 15) is 17.6 Å². The lowest BCUT2D eigenvalue weighted by Gasteiger charge is -2.31. The second kappa shape index (κ2) is 8.18. The van der Waals surface area contributed by atoms with Gasteiger partial charge in [-0.1, -0.05) is 0 Å². The molecule has 1 aromatic heterocycles. The Morgan fingerprint density at radius 2 is 2.11 bits per heavy atom. The predicted molar refractivity (Wildman–Crippen MR) is 97.7 cm³/mol. The van der Waals surface area contributed by atoms with Crippen molar-refractivity contribution < 1.29 is 17.6 Å². The molecular weight excluding hydrogens is 371 g/mol. The molecular formula is C18H23FN4O3S. The van der Waals surface area contributed by atoms with Crippen molar-refractivity contribution in [3.8, 4) is 0 Å². The van der Waals surface area contributed by atoms with Crippen LogP contribution in [0.3, 0.4) is 0 Å². The molecule has 0 spiro atoms. The highest BCUT2D eigenvalue weighted by Gasteiger charge is 2.33. The number of halogens is 1. The standard InChI is InChI=1S/C18H23FN4O3S/c1-14(11-22-10-8-20-13-22)21-18(24)15-3-2-9-23(12-15)27(25,26)17-6-4-16(19)5-7-17/h4-8,10,13-15H,2-3,9,11-12H2,1H3,(H,21,24)/t14-,15+/m0/s1. The summed E-state index contributed by atoms with van der Waals surface area (Å²) in [5.41, 5.74) is 0. The van der Waals surface area contributed by atoms with Crippen molar-refractivity contribution in [3.05, 3.63) is 48.8 Å². The van der Waals surface area contributed by atoms with Gasteiger partial charge in [-0.25, -0.2) is 17.8 Å². The lowest BCUT2D eigenvalue weighted by Crippen LogP contribution is -2.47. The highest BCUT2D eigenvalue weighted by Crippen LogP contribution is 2.24. The highest BCUT2D eigenvalue weighted by atomic mass is 32.2. The lowest BCUT2D eigenvalue weighted by molar-refractivity contribution is -0.126. The van der Waals surface area contributed by atoms with Crippen molar-refractivity contribution in [2.45, 2.75) is 37.2 Å². The Balaban J connectivity index is 1.62. The number of rotatable bonds is 6. The molecule has 1 aliphatic rings. The van der Waals surface area contributed by atoms with Gasteiger partial charge in [0.15, 0.2) is 0 Å². The van der Waals surface area contributed by atoms with Gasteiger partial charge in [0.1, 0.15) is 5.82 Å². The molecule has 0 saturated carbocycles. The van der Waals surface area contributed by atoms with Crippen LogP contribution in [0.1, 0.15) is 19.8 Å². The van der Waals surface area contributed by atoms with Crippen molar-refractivity contribution in [1.82, 2.24) is 19.2 Å². The number of hydrogen-bond donors (Lipinski definition) is 1.